The summed E-state index contributed by atoms with van der Waals surface area (Å²) in [5.41, 5.74) is 1.58. The topological polar surface area (TPSA) is 53.8 Å². The minimum atomic E-state index is 0.114. The zero-order valence-electron chi connectivity index (χ0n) is 18.1. The van der Waals surface area contributed by atoms with E-state index in [1.54, 1.807) is 0 Å². The van der Waals surface area contributed by atoms with Crippen molar-refractivity contribution in [3.05, 3.63) is 17.5 Å². The number of ether oxygens (including phenoxy) is 1. The Labute approximate surface area is 169 Å². The molecule has 0 bridgehead atoms. The Hall–Kier alpha value is -1.44. The lowest BCUT2D eigenvalue weighted by Gasteiger charge is -2.42. The molecule has 0 spiro atoms. The summed E-state index contributed by atoms with van der Waals surface area (Å²) in [6, 6.07) is 2.51. The van der Waals surface area contributed by atoms with E-state index in [4.69, 9.17) is 4.74 Å². The third-order valence-electron chi connectivity index (χ3n) is 6.40. The predicted octanol–water partition coefficient (Wildman–Crippen LogP) is 1.72. The lowest BCUT2D eigenvalue weighted by Crippen LogP contribution is -2.52. The summed E-state index contributed by atoms with van der Waals surface area (Å²) in [6.45, 7) is 14.5. The summed E-state index contributed by atoms with van der Waals surface area (Å²) in [4.78, 5) is 20.1. The first-order valence-electron chi connectivity index (χ1n) is 10.8. The fourth-order valence-electron chi connectivity index (χ4n) is 4.46. The van der Waals surface area contributed by atoms with Crippen molar-refractivity contribution in [3.63, 3.8) is 0 Å². The molecule has 158 valence electrons. The fraction of sp³-hybridized carbons (Fsp3) is 0.810. The highest BCUT2D eigenvalue weighted by Crippen LogP contribution is 2.26. The molecule has 7 nitrogen and oxygen atoms in total. The van der Waals surface area contributed by atoms with Crippen LogP contribution in [0.1, 0.15) is 42.9 Å². The Kier molecular flexibility index (Phi) is 7.48. The van der Waals surface area contributed by atoms with Crippen LogP contribution in [0.3, 0.4) is 0 Å². The van der Waals surface area contributed by atoms with E-state index in [1.807, 2.05) is 29.5 Å². The first-order valence-corrected chi connectivity index (χ1v) is 10.8. The van der Waals surface area contributed by atoms with E-state index >= 15 is 0 Å². The van der Waals surface area contributed by atoms with Crippen LogP contribution in [0.15, 0.2) is 6.07 Å². The molecule has 0 aromatic carbocycles. The molecule has 0 aliphatic carbocycles. The average molecular weight is 392 g/mol. The molecular formula is C21H37N5O2. The highest BCUT2D eigenvalue weighted by molar-refractivity contribution is 5.92. The summed E-state index contributed by atoms with van der Waals surface area (Å²) in [5, 5.41) is 4.49. The molecule has 2 fully saturated rings. The van der Waals surface area contributed by atoms with Crippen LogP contribution in [0.4, 0.5) is 0 Å². The molecule has 2 aliphatic rings. The molecule has 0 saturated carbocycles. The number of aromatic nitrogens is 2. The van der Waals surface area contributed by atoms with Gasteiger partial charge in [0, 0.05) is 51.9 Å². The number of hydrogen-bond donors (Lipinski definition) is 0. The quantitative estimate of drug-likeness (QED) is 0.663. The molecule has 0 unspecified atom stereocenters. The lowest BCUT2D eigenvalue weighted by atomic mass is 9.89. The molecule has 1 amide bonds. The van der Waals surface area contributed by atoms with Crippen molar-refractivity contribution < 1.29 is 9.53 Å². The van der Waals surface area contributed by atoms with Crippen molar-refractivity contribution in [3.8, 4) is 0 Å². The molecule has 1 aromatic heterocycles. The van der Waals surface area contributed by atoms with Crippen LogP contribution in [0.25, 0.3) is 0 Å². The number of likely N-dealkylation sites (tertiary alicyclic amines) is 1. The van der Waals surface area contributed by atoms with Gasteiger partial charge in [-0.1, -0.05) is 0 Å². The van der Waals surface area contributed by atoms with E-state index in [1.165, 1.54) is 0 Å². The van der Waals surface area contributed by atoms with Gasteiger partial charge in [0.2, 0.25) is 0 Å². The zero-order chi connectivity index (χ0) is 20.1. The molecule has 28 heavy (non-hydrogen) atoms. The standard InChI is InChI=1S/C21H37N5O2/c1-5-28-15-14-26-20(16-17(2)22-26)21(27)25-8-6-19(7-9-25)18(3)24-12-10-23(4)11-13-24/h16,18-19H,5-15H2,1-4H3/t18-/m1/s1. The number of nitrogens with zero attached hydrogens (tertiary/aromatic N) is 5. The minimum Gasteiger partial charge on any atom is -0.380 e. The second kappa shape index (κ2) is 9.85. The molecule has 3 heterocycles. The van der Waals surface area contributed by atoms with Gasteiger partial charge in [0.05, 0.1) is 18.8 Å². The Morgan fingerprint density at radius 1 is 1.21 bits per heavy atom. The summed E-state index contributed by atoms with van der Waals surface area (Å²) in [5.74, 6) is 0.792. The van der Waals surface area contributed by atoms with Gasteiger partial charge >= 0.3 is 0 Å². The third-order valence-corrected chi connectivity index (χ3v) is 6.40. The number of hydrogen-bond acceptors (Lipinski definition) is 5. The van der Waals surface area contributed by atoms with Crippen molar-refractivity contribution >= 4 is 5.91 Å². The highest BCUT2D eigenvalue weighted by Gasteiger charge is 2.31. The molecule has 1 aromatic rings. The molecule has 7 heteroatoms. The number of carbonyl (C=O) groups excluding carboxylic acids is 1. The number of amides is 1. The maximum atomic E-state index is 13.1. The Morgan fingerprint density at radius 3 is 2.54 bits per heavy atom. The first kappa shape index (κ1) is 21.3. The van der Waals surface area contributed by atoms with Gasteiger partial charge in [0.1, 0.15) is 5.69 Å². The van der Waals surface area contributed by atoms with Crippen LogP contribution >= 0.6 is 0 Å². The largest absolute Gasteiger partial charge is 0.380 e. The van der Waals surface area contributed by atoms with Gasteiger partial charge in [-0.15, -0.1) is 0 Å². The number of likely N-dealkylation sites (N-methyl/N-ethyl adjacent to an activating group) is 1. The van der Waals surface area contributed by atoms with E-state index in [2.05, 4.69) is 28.9 Å². The average Bonchev–Trinajstić information content (AvgIpc) is 3.08. The molecule has 0 N–H and O–H groups in total. The maximum absolute atomic E-state index is 13.1. The van der Waals surface area contributed by atoms with Crippen LogP contribution in [0.5, 0.6) is 0 Å². The van der Waals surface area contributed by atoms with Gasteiger partial charge in [-0.05, 0) is 52.6 Å². The Bertz CT molecular complexity index is 631. The molecular weight excluding hydrogens is 354 g/mol. The molecule has 1 atom stereocenters. The van der Waals surface area contributed by atoms with E-state index in [9.17, 15) is 4.79 Å². The van der Waals surface area contributed by atoms with Crippen molar-refractivity contribution in [2.75, 3.05) is 59.5 Å². The van der Waals surface area contributed by atoms with Crippen LogP contribution < -0.4 is 0 Å². The number of piperidine rings is 1. The SMILES string of the molecule is CCOCCn1nc(C)cc1C(=O)N1CCC([C@@H](C)N2CCN(C)CC2)CC1. The Balaban J connectivity index is 1.54. The minimum absolute atomic E-state index is 0.114. The molecule has 2 aliphatic heterocycles. The second-order valence-electron chi connectivity index (χ2n) is 8.30. The van der Waals surface area contributed by atoms with Gasteiger partial charge in [0.25, 0.3) is 5.91 Å². The van der Waals surface area contributed by atoms with E-state index in [0.29, 0.717) is 37.4 Å². The maximum Gasteiger partial charge on any atom is 0.272 e. The molecule has 2 saturated heterocycles. The monoisotopic (exact) mass is 391 g/mol. The lowest BCUT2D eigenvalue weighted by molar-refractivity contribution is 0.0490. The normalized spacial score (nSPS) is 21.2. The van der Waals surface area contributed by atoms with Crippen molar-refractivity contribution in [1.29, 1.82) is 0 Å². The fourth-order valence-corrected chi connectivity index (χ4v) is 4.46. The van der Waals surface area contributed by atoms with Crippen molar-refractivity contribution in [2.45, 2.75) is 46.2 Å². The van der Waals surface area contributed by atoms with Gasteiger partial charge in [0.15, 0.2) is 0 Å². The van der Waals surface area contributed by atoms with Crippen LogP contribution in [-0.4, -0.2) is 96.0 Å². The predicted molar refractivity (Wildman–Crippen MR) is 111 cm³/mol. The van der Waals surface area contributed by atoms with Gasteiger partial charge < -0.3 is 14.5 Å². The zero-order valence-corrected chi connectivity index (χ0v) is 18.1. The summed E-state index contributed by atoms with van der Waals surface area (Å²) < 4.78 is 7.25. The highest BCUT2D eigenvalue weighted by atomic mass is 16.5. The number of rotatable bonds is 7. The summed E-state index contributed by atoms with van der Waals surface area (Å²) in [7, 11) is 2.20. The smallest absolute Gasteiger partial charge is 0.272 e. The summed E-state index contributed by atoms with van der Waals surface area (Å²) in [6.07, 6.45) is 2.18. The summed E-state index contributed by atoms with van der Waals surface area (Å²) >= 11 is 0. The van der Waals surface area contributed by atoms with E-state index in [0.717, 1.165) is 57.8 Å². The van der Waals surface area contributed by atoms with Crippen LogP contribution in [-0.2, 0) is 11.3 Å². The number of piperazine rings is 1. The van der Waals surface area contributed by atoms with E-state index < -0.39 is 0 Å². The molecule has 0 radical (unpaired) electrons. The van der Waals surface area contributed by atoms with Crippen molar-refractivity contribution in [1.82, 2.24) is 24.5 Å². The number of carbonyl (C=O) groups is 1. The second-order valence-corrected chi connectivity index (χ2v) is 8.30. The number of aryl methyl sites for hydroxylation is 1. The molecule has 3 rings (SSSR count). The van der Waals surface area contributed by atoms with E-state index in [-0.39, 0.29) is 5.91 Å². The van der Waals surface area contributed by atoms with Crippen LogP contribution in [0, 0.1) is 12.8 Å². The van der Waals surface area contributed by atoms with Gasteiger partial charge in [-0.2, -0.15) is 5.10 Å². The first-order chi connectivity index (χ1) is 13.5. The van der Waals surface area contributed by atoms with Crippen LogP contribution in [0.2, 0.25) is 0 Å². The Morgan fingerprint density at radius 2 is 1.89 bits per heavy atom. The third kappa shape index (κ3) is 5.13. The van der Waals surface area contributed by atoms with Gasteiger partial charge in [-0.3, -0.25) is 14.4 Å². The van der Waals surface area contributed by atoms with Crippen molar-refractivity contribution in [2.24, 2.45) is 5.92 Å². The van der Waals surface area contributed by atoms with Gasteiger partial charge in [-0.25, -0.2) is 0 Å².